The molecule has 47 heavy (non-hydrogen) atoms. The van der Waals surface area contributed by atoms with Gasteiger partial charge in [-0.05, 0) is 60.0 Å². The van der Waals surface area contributed by atoms with E-state index in [1.54, 1.807) is 42.7 Å². The first kappa shape index (κ1) is 39.5. The zero-order chi connectivity index (χ0) is 31.1. The van der Waals surface area contributed by atoms with Crippen LogP contribution in [-0.2, 0) is 13.1 Å². The van der Waals surface area contributed by atoms with E-state index in [1.807, 2.05) is 48.8 Å². The van der Waals surface area contributed by atoms with Crippen LogP contribution in [0.5, 0.6) is 34.5 Å². The van der Waals surface area contributed by atoms with Crippen LogP contribution >= 0.6 is 37.2 Å². The number of likely N-dealkylation sites (tertiary alicyclic amines) is 1. The molecule has 1 atom stereocenters. The van der Waals surface area contributed by atoms with Crippen molar-refractivity contribution in [2.24, 2.45) is 0 Å². The predicted molar refractivity (Wildman–Crippen MR) is 191 cm³/mol. The Hall–Kier alpha value is -3.67. The molecular formula is C34H43Cl3N4O6. The van der Waals surface area contributed by atoms with Crippen molar-refractivity contribution in [3.05, 3.63) is 72.1 Å². The molecule has 4 aromatic rings. The van der Waals surface area contributed by atoms with Gasteiger partial charge >= 0.3 is 0 Å². The van der Waals surface area contributed by atoms with Gasteiger partial charge in [-0.15, -0.1) is 37.2 Å². The molecule has 0 saturated carbocycles. The minimum absolute atomic E-state index is 0. The first-order valence-electron chi connectivity index (χ1n) is 14.5. The molecule has 0 bridgehead atoms. The molecule has 1 N–H and O–H groups in total. The zero-order valence-corrected chi connectivity index (χ0v) is 29.9. The van der Waals surface area contributed by atoms with Crippen molar-refractivity contribution in [1.29, 1.82) is 0 Å². The van der Waals surface area contributed by atoms with E-state index in [4.69, 9.17) is 33.4 Å². The number of pyridine rings is 2. The van der Waals surface area contributed by atoms with Gasteiger partial charge in [0.1, 0.15) is 0 Å². The number of benzene rings is 2. The van der Waals surface area contributed by atoms with Crippen LogP contribution in [0.1, 0.15) is 17.5 Å². The normalized spacial score (nSPS) is 13.8. The molecule has 0 unspecified atom stereocenters. The van der Waals surface area contributed by atoms with E-state index in [-0.39, 0.29) is 37.2 Å². The van der Waals surface area contributed by atoms with E-state index >= 15 is 0 Å². The van der Waals surface area contributed by atoms with Gasteiger partial charge < -0.3 is 33.7 Å². The van der Waals surface area contributed by atoms with Crippen LogP contribution < -0.4 is 33.7 Å². The third-order valence-corrected chi connectivity index (χ3v) is 7.88. The summed E-state index contributed by atoms with van der Waals surface area (Å²) in [5.74, 6) is 3.53. The predicted octanol–water partition coefficient (Wildman–Crippen LogP) is 6.49. The molecule has 0 aliphatic carbocycles. The van der Waals surface area contributed by atoms with Crippen LogP contribution in [0, 0.1) is 0 Å². The summed E-state index contributed by atoms with van der Waals surface area (Å²) >= 11 is 0. The number of methoxy groups -OCH3 is 6. The minimum Gasteiger partial charge on any atom is -0.493 e. The third-order valence-electron chi connectivity index (χ3n) is 7.88. The highest BCUT2D eigenvalue weighted by Gasteiger charge is 2.24. The molecule has 1 saturated heterocycles. The number of hydrogen-bond donors (Lipinski definition) is 1. The summed E-state index contributed by atoms with van der Waals surface area (Å²) in [4.78, 5) is 11.8. The summed E-state index contributed by atoms with van der Waals surface area (Å²) in [5, 5.41) is 3.74. The van der Waals surface area contributed by atoms with Gasteiger partial charge in [-0.1, -0.05) is 6.07 Å². The lowest BCUT2D eigenvalue weighted by Crippen LogP contribution is -2.32. The molecule has 5 rings (SSSR count). The fourth-order valence-corrected chi connectivity index (χ4v) is 5.66. The second kappa shape index (κ2) is 18.6. The highest BCUT2D eigenvalue weighted by atomic mass is 35.5. The Bertz CT molecular complexity index is 1550. The summed E-state index contributed by atoms with van der Waals surface area (Å²) in [7, 11) is 9.67. The number of nitrogens with zero attached hydrogens (tertiary/aromatic N) is 3. The molecule has 256 valence electrons. The van der Waals surface area contributed by atoms with Gasteiger partial charge in [0, 0.05) is 55.7 Å². The van der Waals surface area contributed by atoms with Crippen molar-refractivity contribution in [3.8, 4) is 57.0 Å². The number of halogens is 3. The van der Waals surface area contributed by atoms with Gasteiger partial charge in [0.25, 0.3) is 0 Å². The van der Waals surface area contributed by atoms with Crippen LogP contribution in [0.4, 0.5) is 0 Å². The minimum atomic E-state index is 0. The fraction of sp³-hybridized carbons (Fsp3) is 0.353. The maximum atomic E-state index is 5.58. The number of nitrogens with one attached hydrogen (secondary N) is 1. The molecule has 10 nitrogen and oxygen atoms in total. The number of aromatic nitrogens is 2. The number of ether oxygens (including phenoxy) is 6. The van der Waals surface area contributed by atoms with Gasteiger partial charge in [0.05, 0.1) is 54.0 Å². The summed E-state index contributed by atoms with van der Waals surface area (Å²) in [5.41, 5.74) is 5.86. The van der Waals surface area contributed by atoms with Crippen molar-refractivity contribution in [1.82, 2.24) is 20.2 Å². The highest BCUT2D eigenvalue weighted by molar-refractivity contribution is 5.86. The van der Waals surface area contributed by atoms with Crippen LogP contribution in [0.15, 0.2) is 60.9 Å². The Morgan fingerprint density at radius 2 is 1.28 bits per heavy atom. The maximum Gasteiger partial charge on any atom is 0.203 e. The average Bonchev–Trinajstić information content (AvgIpc) is 3.53. The van der Waals surface area contributed by atoms with E-state index in [0.717, 1.165) is 66.2 Å². The molecule has 1 aliphatic rings. The summed E-state index contributed by atoms with van der Waals surface area (Å²) in [6, 6.07) is 16.4. The van der Waals surface area contributed by atoms with E-state index < -0.39 is 0 Å². The molecule has 1 fully saturated rings. The molecule has 2 aromatic carbocycles. The molecule has 0 radical (unpaired) electrons. The fourth-order valence-electron chi connectivity index (χ4n) is 5.66. The van der Waals surface area contributed by atoms with Crippen LogP contribution in [0.3, 0.4) is 0 Å². The van der Waals surface area contributed by atoms with Gasteiger partial charge in [-0.2, -0.15) is 0 Å². The Kier molecular flexibility index (Phi) is 15.6. The average molecular weight is 710 g/mol. The number of hydrogen-bond acceptors (Lipinski definition) is 10. The molecule has 0 spiro atoms. The Morgan fingerprint density at radius 3 is 1.83 bits per heavy atom. The summed E-state index contributed by atoms with van der Waals surface area (Å²) < 4.78 is 33.2. The lowest BCUT2D eigenvalue weighted by Gasteiger charge is -2.19. The van der Waals surface area contributed by atoms with Crippen LogP contribution in [-0.4, -0.2) is 76.7 Å². The monoisotopic (exact) mass is 708 g/mol. The lowest BCUT2D eigenvalue weighted by atomic mass is 10.0. The highest BCUT2D eigenvalue weighted by Crippen LogP contribution is 2.42. The molecule has 13 heteroatoms. The lowest BCUT2D eigenvalue weighted by molar-refractivity contribution is 0.319. The molecule has 3 heterocycles. The quantitative estimate of drug-likeness (QED) is 0.166. The first-order chi connectivity index (χ1) is 21.5. The van der Waals surface area contributed by atoms with Crippen molar-refractivity contribution in [3.63, 3.8) is 0 Å². The zero-order valence-electron chi connectivity index (χ0n) is 27.4. The Morgan fingerprint density at radius 1 is 0.702 bits per heavy atom. The van der Waals surface area contributed by atoms with Crippen molar-refractivity contribution in [2.75, 3.05) is 55.7 Å². The molecule has 0 amide bonds. The van der Waals surface area contributed by atoms with Crippen molar-refractivity contribution in [2.45, 2.75) is 25.6 Å². The van der Waals surface area contributed by atoms with Gasteiger partial charge in [0.2, 0.25) is 11.5 Å². The van der Waals surface area contributed by atoms with Crippen LogP contribution in [0.2, 0.25) is 0 Å². The molecular weight excluding hydrogens is 667 g/mol. The van der Waals surface area contributed by atoms with E-state index in [0.29, 0.717) is 40.5 Å². The Labute approximate surface area is 295 Å². The van der Waals surface area contributed by atoms with E-state index in [2.05, 4.69) is 27.3 Å². The van der Waals surface area contributed by atoms with E-state index in [9.17, 15) is 0 Å². The second-order valence-electron chi connectivity index (χ2n) is 10.5. The smallest absolute Gasteiger partial charge is 0.203 e. The SMILES string of the molecule is COc1cc(-c2cc(CN[C@H]3CCN(Cc4cccnc4-c4cc(OC)c(OC)c(OC)c4)C3)ccn2)cc(OC)c1OC.Cl.Cl.Cl. The van der Waals surface area contributed by atoms with Gasteiger partial charge in [0.15, 0.2) is 23.0 Å². The Balaban J connectivity index is 0.00000256. The van der Waals surface area contributed by atoms with Gasteiger partial charge in [-0.3, -0.25) is 14.9 Å². The summed E-state index contributed by atoms with van der Waals surface area (Å²) in [6.07, 6.45) is 4.71. The second-order valence-corrected chi connectivity index (χ2v) is 10.5. The topological polar surface area (TPSA) is 96.4 Å². The van der Waals surface area contributed by atoms with Crippen LogP contribution in [0.25, 0.3) is 22.5 Å². The third kappa shape index (κ3) is 9.03. The molecule has 1 aliphatic heterocycles. The maximum absolute atomic E-state index is 5.58. The summed E-state index contributed by atoms with van der Waals surface area (Å²) in [6.45, 7) is 3.46. The molecule has 2 aromatic heterocycles. The van der Waals surface area contributed by atoms with E-state index in [1.165, 1.54) is 0 Å². The van der Waals surface area contributed by atoms with Gasteiger partial charge in [-0.25, -0.2) is 0 Å². The number of rotatable bonds is 13. The van der Waals surface area contributed by atoms with Crippen molar-refractivity contribution < 1.29 is 28.4 Å². The van der Waals surface area contributed by atoms with Crippen molar-refractivity contribution >= 4 is 37.2 Å². The standard InChI is InChI=1S/C34H40N4O6.3ClH/c1-39-28-15-24(16-29(40-2)33(28)43-5)27-14-22(9-12-35-27)19-37-26-10-13-38(21-26)20-23-8-7-11-36-32(23)25-17-30(41-3)34(44-6)31(18-25)42-4;;;/h7-9,11-12,14-18,26,37H,10,13,19-21H2,1-6H3;3*1H/t26-;;;/m0.../s1. The first-order valence-corrected chi connectivity index (χ1v) is 14.5. The largest absolute Gasteiger partial charge is 0.493 e.